The molecule has 0 aliphatic heterocycles. The molecule has 0 aliphatic rings. The van der Waals surface area contributed by atoms with Gasteiger partial charge in [0.05, 0.1) is 0 Å². The SMILES string of the molecule is CCNC(=O)Oc1cccc(NC(=O)C(Cl)Cl)c1. The van der Waals surface area contributed by atoms with Crippen molar-refractivity contribution in [3.63, 3.8) is 0 Å². The Morgan fingerprint density at radius 1 is 1.39 bits per heavy atom. The number of halogens is 2. The Morgan fingerprint density at radius 3 is 2.72 bits per heavy atom. The molecule has 0 atom stereocenters. The van der Waals surface area contributed by atoms with Crippen LogP contribution in [0.4, 0.5) is 10.5 Å². The fourth-order valence-electron chi connectivity index (χ4n) is 1.12. The van der Waals surface area contributed by atoms with Crippen LogP contribution in [0.5, 0.6) is 5.75 Å². The van der Waals surface area contributed by atoms with Gasteiger partial charge in [-0.05, 0) is 19.1 Å². The summed E-state index contributed by atoms with van der Waals surface area (Å²) in [5, 5.41) is 4.95. The standard InChI is InChI=1S/C11H12Cl2N2O3/c1-2-14-11(17)18-8-5-3-4-7(6-8)15-10(16)9(12)13/h3-6,9H,2H2,1H3,(H,14,17)(H,15,16). The van der Waals surface area contributed by atoms with Crippen LogP contribution in [0.3, 0.4) is 0 Å². The van der Waals surface area contributed by atoms with Crippen LogP contribution in [0.1, 0.15) is 6.92 Å². The molecule has 5 nitrogen and oxygen atoms in total. The lowest BCUT2D eigenvalue weighted by Gasteiger charge is -2.08. The van der Waals surface area contributed by atoms with Crippen molar-refractivity contribution in [2.45, 2.75) is 11.8 Å². The molecule has 0 aromatic heterocycles. The summed E-state index contributed by atoms with van der Waals surface area (Å²) in [5.74, 6) is -0.243. The Morgan fingerprint density at radius 2 is 2.11 bits per heavy atom. The highest BCUT2D eigenvalue weighted by atomic mass is 35.5. The van der Waals surface area contributed by atoms with Crippen LogP contribution in [0.15, 0.2) is 24.3 Å². The van der Waals surface area contributed by atoms with Crippen LogP contribution in [0, 0.1) is 0 Å². The maximum atomic E-state index is 11.3. The van der Waals surface area contributed by atoms with E-state index in [1.165, 1.54) is 6.07 Å². The molecule has 0 fully saturated rings. The van der Waals surface area contributed by atoms with Crippen molar-refractivity contribution in [2.24, 2.45) is 0 Å². The molecule has 1 rings (SSSR count). The highest BCUT2D eigenvalue weighted by Crippen LogP contribution is 2.18. The first-order chi connectivity index (χ1) is 8.52. The third-order valence-electron chi connectivity index (χ3n) is 1.83. The van der Waals surface area contributed by atoms with E-state index in [4.69, 9.17) is 27.9 Å². The number of amides is 2. The van der Waals surface area contributed by atoms with Crippen molar-refractivity contribution >= 4 is 40.9 Å². The summed E-state index contributed by atoms with van der Waals surface area (Å²) >= 11 is 10.8. The molecule has 2 amide bonds. The zero-order valence-electron chi connectivity index (χ0n) is 9.57. The molecular formula is C11H12Cl2N2O3. The van der Waals surface area contributed by atoms with Gasteiger partial charge in [0.15, 0.2) is 4.84 Å². The van der Waals surface area contributed by atoms with E-state index in [0.717, 1.165) is 0 Å². The molecule has 0 heterocycles. The lowest BCUT2D eigenvalue weighted by molar-refractivity contribution is -0.114. The highest BCUT2D eigenvalue weighted by molar-refractivity contribution is 6.54. The summed E-state index contributed by atoms with van der Waals surface area (Å²) in [6.07, 6.45) is -0.562. The third-order valence-corrected chi connectivity index (χ3v) is 2.23. The van der Waals surface area contributed by atoms with Gasteiger partial charge >= 0.3 is 6.09 Å². The normalized spacial score (nSPS) is 10.0. The number of anilines is 1. The Hall–Kier alpha value is -1.46. The van der Waals surface area contributed by atoms with Gasteiger partial charge in [0.1, 0.15) is 5.75 Å². The molecule has 1 aromatic carbocycles. The molecule has 2 N–H and O–H groups in total. The van der Waals surface area contributed by atoms with Gasteiger partial charge in [0.25, 0.3) is 5.91 Å². The number of nitrogens with one attached hydrogen (secondary N) is 2. The van der Waals surface area contributed by atoms with Crippen LogP contribution < -0.4 is 15.4 Å². The van der Waals surface area contributed by atoms with Crippen molar-refractivity contribution < 1.29 is 14.3 Å². The molecule has 0 saturated carbocycles. The summed E-state index contributed by atoms with van der Waals surface area (Å²) in [5.41, 5.74) is 0.438. The number of ether oxygens (including phenoxy) is 1. The fraction of sp³-hybridized carbons (Fsp3) is 0.273. The number of hydrogen-bond donors (Lipinski definition) is 2. The van der Waals surface area contributed by atoms with Gasteiger partial charge < -0.3 is 15.4 Å². The average molecular weight is 291 g/mol. The van der Waals surface area contributed by atoms with E-state index in [2.05, 4.69) is 10.6 Å². The Labute approximate surface area is 114 Å². The lowest BCUT2D eigenvalue weighted by atomic mass is 10.3. The second-order valence-electron chi connectivity index (χ2n) is 3.24. The first kappa shape index (κ1) is 14.6. The molecule has 0 bridgehead atoms. The lowest BCUT2D eigenvalue weighted by Crippen LogP contribution is -2.26. The van der Waals surface area contributed by atoms with Crippen LogP contribution in [-0.4, -0.2) is 23.4 Å². The zero-order valence-corrected chi connectivity index (χ0v) is 11.1. The van der Waals surface area contributed by atoms with Crippen molar-refractivity contribution in [2.75, 3.05) is 11.9 Å². The van der Waals surface area contributed by atoms with Crippen molar-refractivity contribution in [1.82, 2.24) is 5.32 Å². The maximum Gasteiger partial charge on any atom is 0.412 e. The van der Waals surface area contributed by atoms with E-state index < -0.39 is 16.8 Å². The van der Waals surface area contributed by atoms with Crippen molar-refractivity contribution in [3.8, 4) is 5.75 Å². The van der Waals surface area contributed by atoms with Gasteiger partial charge in [-0.15, -0.1) is 0 Å². The first-order valence-corrected chi connectivity index (χ1v) is 6.05. The van der Waals surface area contributed by atoms with Crippen LogP contribution in [0.25, 0.3) is 0 Å². The topological polar surface area (TPSA) is 67.4 Å². The van der Waals surface area contributed by atoms with Gasteiger partial charge in [0, 0.05) is 18.3 Å². The smallest absolute Gasteiger partial charge is 0.410 e. The minimum Gasteiger partial charge on any atom is -0.410 e. The minimum absolute atomic E-state index is 0.305. The molecule has 0 unspecified atom stereocenters. The molecular weight excluding hydrogens is 279 g/mol. The molecule has 98 valence electrons. The average Bonchev–Trinajstić information content (AvgIpc) is 2.29. The van der Waals surface area contributed by atoms with E-state index in [-0.39, 0.29) is 0 Å². The summed E-state index contributed by atoms with van der Waals surface area (Å²) in [4.78, 5) is 21.3. The van der Waals surface area contributed by atoms with Gasteiger partial charge in [0.2, 0.25) is 0 Å². The van der Waals surface area contributed by atoms with E-state index in [0.29, 0.717) is 18.0 Å². The van der Waals surface area contributed by atoms with Crippen LogP contribution >= 0.6 is 23.2 Å². The predicted octanol–water partition coefficient (Wildman–Crippen LogP) is 2.54. The molecule has 0 radical (unpaired) electrons. The zero-order chi connectivity index (χ0) is 13.5. The summed E-state index contributed by atoms with van der Waals surface area (Å²) in [6.45, 7) is 2.24. The van der Waals surface area contributed by atoms with Crippen LogP contribution in [0.2, 0.25) is 0 Å². The van der Waals surface area contributed by atoms with Crippen molar-refractivity contribution in [3.05, 3.63) is 24.3 Å². The second kappa shape index (κ2) is 7.08. The first-order valence-electron chi connectivity index (χ1n) is 5.17. The largest absolute Gasteiger partial charge is 0.412 e. The number of carbonyl (C=O) groups is 2. The molecule has 18 heavy (non-hydrogen) atoms. The quantitative estimate of drug-likeness (QED) is 0.838. The summed E-state index contributed by atoms with van der Waals surface area (Å²) in [6, 6.07) is 6.33. The number of carbonyl (C=O) groups excluding carboxylic acids is 2. The highest BCUT2D eigenvalue weighted by Gasteiger charge is 2.12. The van der Waals surface area contributed by atoms with Gasteiger partial charge in [-0.1, -0.05) is 29.3 Å². The number of rotatable bonds is 4. The van der Waals surface area contributed by atoms with Crippen LogP contribution in [-0.2, 0) is 4.79 Å². The van der Waals surface area contributed by atoms with E-state index in [1.54, 1.807) is 25.1 Å². The Bertz CT molecular complexity index is 438. The van der Waals surface area contributed by atoms with E-state index in [9.17, 15) is 9.59 Å². The Balaban J connectivity index is 2.67. The summed E-state index contributed by atoms with van der Waals surface area (Å²) in [7, 11) is 0. The maximum absolute atomic E-state index is 11.3. The number of benzene rings is 1. The van der Waals surface area contributed by atoms with E-state index in [1.807, 2.05) is 0 Å². The molecule has 1 aromatic rings. The Kier molecular flexibility index (Phi) is 5.74. The molecule has 0 saturated heterocycles. The number of alkyl halides is 2. The monoisotopic (exact) mass is 290 g/mol. The third kappa shape index (κ3) is 4.81. The summed E-state index contributed by atoms with van der Waals surface area (Å²) < 4.78 is 4.97. The van der Waals surface area contributed by atoms with Gasteiger partial charge in [-0.25, -0.2) is 4.79 Å². The van der Waals surface area contributed by atoms with E-state index >= 15 is 0 Å². The fourth-order valence-corrected chi connectivity index (χ4v) is 1.23. The second-order valence-corrected chi connectivity index (χ2v) is 4.33. The minimum atomic E-state index is -1.15. The van der Waals surface area contributed by atoms with Gasteiger partial charge in [-0.2, -0.15) is 0 Å². The molecule has 0 spiro atoms. The van der Waals surface area contributed by atoms with Gasteiger partial charge in [-0.3, -0.25) is 4.79 Å². The van der Waals surface area contributed by atoms with Crippen molar-refractivity contribution in [1.29, 1.82) is 0 Å². The molecule has 0 aliphatic carbocycles. The number of hydrogen-bond acceptors (Lipinski definition) is 3. The predicted molar refractivity (Wildman–Crippen MR) is 70.3 cm³/mol. The molecule has 7 heteroatoms.